The zero-order valence-electron chi connectivity index (χ0n) is 12.8. The third-order valence-corrected chi connectivity index (χ3v) is 3.60. The van der Waals surface area contributed by atoms with Gasteiger partial charge in [0, 0.05) is 30.9 Å². The number of allylic oxidation sites excluding steroid dienone is 1. The fraction of sp³-hybridized carbons (Fsp3) is 0.222. The van der Waals surface area contributed by atoms with Gasteiger partial charge in [-0.05, 0) is 12.1 Å². The highest BCUT2D eigenvalue weighted by molar-refractivity contribution is 6.05. The lowest BCUT2D eigenvalue weighted by atomic mass is 10.1. The summed E-state index contributed by atoms with van der Waals surface area (Å²) in [5.41, 5.74) is 0.668. The molecule has 0 amide bonds. The van der Waals surface area contributed by atoms with Crippen LogP contribution in [0.15, 0.2) is 66.6 Å². The van der Waals surface area contributed by atoms with Crippen molar-refractivity contribution in [3.05, 3.63) is 72.2 Å². The number of benzene rings is 1. The molecule has 0 unspecified atom stereocenters. The van der Waals surface area contributed by atoms with E-state index in [0.717, 1.165) is 18.9 Å². The number of ketones is 1. The lowest BCUT2D eigenvalue weighted by Crippen LogP contribution is -2.38. The Balaban J connectivity index is 1.84. The first kappa shape index (κ1) is 15.2. The van der Waals surface area contributed by atoms with E-state index < -0.39 is 0 Å². The second-order valence-electron chi connectivity index (χ2n) is 5.20. The Kier molecular flexibility index (Phi) is 5.01. The minimum atomic E-state index is -0.0319. The van der Waals surface area contributed by atoms with Crippen molar-refractivity contribution in [2.24, 2.45) is 0 Å². The molecule has 1 fully saturated rings. The number of nitrogens with zero attached hydrogens (tertiary/aromatic N) is 2. The normalized spacial score (nSPS) is 15.3. The summed E-state index contributed by atoms with van der Waals surface area (Å²) in [5, 5.41) is 3.25. The van der Waals surface area contributed by atoms with Crippen molar-refractivity contribution in [3.63, 3.8) is 0 Å². The molecule has 0 spiro atoms. The first-order chi connectivity index (χ1) is 11.3. The smallest absolute Gasteiger partial charge is 0.189 e. The lowest BCUT2D eigenvalue weighted by Gasteiger charge is -2.31. The van der Waals surface area contributed by atoms with Gasteiger partial charge in [-0.1, -0.05) is 36.4 Å². The summed E-state index contributed by atoms with van der Waals surface area (Å²) in [4.78, 5) is 18.9. The van der Waals surface area contributed by atoms with E-state index in [2.05, 4.69) is 15.2 Å². The molecule has 1 aromatic carbocycles. The van der Waals surface area contributed by atoms with Crippen LogP contribution in [0.2, 0.25) is 0 Å². The molecule has 23 heavy (non-hydrogen) atoms. The van der Waals surface area contributed by atoms with Crippen molar-refractivity contribution in [2.45, 2.75) is 0 Å². The van der Waals surface area contributed by atoms with Crippen LogP contribution in [0.1, 0.15) is 10.4 Å². The molecule has 1 N–H and O–H groups in total. The van der Waals surface area contributed by atoms with Gasteiger partial charge in [-0.2, -0.15) is 0 Å². The van der Waals surface area contributed by atoms with Crippen LogP contribution in [-0.2, 0) is 4.74 Å². The Morgan fingerprint density at radius 3 is 2.52 bits per heavy atom. The maximum atomic E-state index is 12.5. The van der Waals surface area contributed by atoms with Crippen LogP contribution in [0.5, 0.6) is 0 Å². The fourth-order valence-corrected chi connectivity index (χ4v) is 2.39. The molecule has 0 bridgehead atoms. The van der Waals surface area contributed by atoms with E-state index in [-0.39, 0.29) is 5.78 Å². The number of anilines is 1. The summed E-state index contributed by atoms with van der Waals surface area (Å²) in [6.45, 7) is 2.79. The molecule has 1 saturated heterocycles. The van der Waals surface area contributed by atoms with Gasteiger partial charge in [0.2, 0.25) is 0 Å². The van der Waals surface area contributed by atoms with Gasteiger partial charge in [0.05, 0.1) is 13.2 Å². The van der Waals surface area contributed by atoms with E-state index in [4.69, 9.17) is 4.74 Å². The summed E-state index contributed by atoms with van der Waals surface area (Å²) in [5.74, 6) is 1.43. The van der Waals surface area contributed by atoms with E-state index in [1.807, 2.05) is 48.5 Å². The molecule has 0 atom stereocenters. The van der Waals surface area contributed by atoms with E-state index in [1.165, 1.54) is 0 Å². The highest BCUT2D eigenvalue weighted by Crippen LogP contribution is 2.13. The van der Waals surface area contributed by atoms with Crippen molar-refractivity contribution >= 4 is 11.6 Å². The van der Waals surface area contributed by atoms with Crippen LogP contribution in [-0.4, -0.2) is 42.0 Å². The van der Waals surface area contributed by atoms with Crippen LogP contribution >= 0.6 is 0 Å². The average Bonchev–Trinajstić information content (AvgIpc) is 2.63. The highest BCUT2D eigenvalue weighted by Gasteiger charge is 2.16. The third-order valence-electron chi connectivity index (χ3n) is 3.60. The topological polar surface area (TPSA) is 54.5 Å². The van der Waals surface area contributed by atoms with Crippen LogP contribution in [0.25, 0.3) is 0 Å². The quantitative estimate of drug-likeness (QED) is 0.679. The van der Waals surface area contributed by atoms with Gasteiger partial charge in [0.1, 0.15) is 11.6 Å². The van der Waals surface area contributed by atoms with Crippen molar-refractivity contribution in [1.82, 2.24) is 9.88 Å². The first-order valence-corrected chi connectivity index (χ1v) is 7.65. The van der Waals surface area contributed by atoms with Crippen molar-refractivity contribution in [1.29, 1.82) is 0 Å². The summed E-state index contributed by atoms with van der Waals surface area (Å²) in [6, 6.07) is 14.9. The van der Waals surface area contributed by atoms with Gasteiger partial charge in [-0.15, -0.1) is 0 Å². The first-order valence-electron chi connectivity index (χ1n) is 7.65. The third kappa shape index (κ3) is 4.17. The maximum Gasteiger partial charge on any atom is 0.189 e. The average molecular weight is 309 g/mol. The summed E-state index contributed by atoms with van der Waals surface area (Å²) in [6.07, 6.45) is 3.35. The molecule has 1 aliphatic rings. The number of hydrogen-bond donors (Lipinski definition) is 1. The van der Waals surface area contributed by atoms with Crippen molar-refractivity contribution < 1.29 is 9.53 Å². The fourth-order valence-electron chi connectivity index (χ4n) is 2.39. The van der Waals surface area contributed by atoms with Crippen LogP contribution < -0.4 is 5.32 Å². The van der Waals surface area contributed by atoms with E-state index >= 15 is 0 Å². The zero-order valence-corrected chi connectivity index (χ0v) is 12.8. The van der Waals surface area contributed by atoms with E-state index in [0.29, 0.717) is 24.6 Å². The molecule has 1 aromatic heterocycles. The number of ether oxygens (including phenoxy) is 1. The van der Waals surface area contributed by atoms with Gasteiger partial charge in [-0.25, -0.2) is 4.98 Å². The molecule has 0 aliphatic carbocycles. The Bertz CT molecular complexity index is 665. The van der Waals surface area contributed by atoms with Crippen molar-refractivity contribution in [3.8, 4) is 0 Å². The predicted molar refractivity (Wildman–Crippen MR) is 89.1 cm³/mol. The molecule has 1 aliphatic heterocycles. The number of pyridine rings is 1. The van der Waals surface area contributed by atoms with Crippen LogP contribution in [0.4, 0.5) is 5.82 Å². The number of carbonyl (C=O) groups excluding carboxylic acids is 1. The number of nitrogens with one attached hydrogen (secondary N) is 1. The number of aromatic nitrogens is 1. The molecule has 2 aromatic rings. The second-order valence-corrected chi connectivity index (χ2v) is 5.20. The van der Waals surface area contributed by atoms with Crippen LogP contribution in [0.3, 0.4) is 0 Å². The van der Waals surface area contributed by atoms with E-state index in [1.54, 1.807) is 12.3 Å². The summed E-state index contributed by atoms with van der Waals surface area (Å²) >= 11 is 0. The molecule has 3 rings (SSSR count). The standard InChI is InChI=1S/C18H19N3O2/c22-16(15-6-2-1-3-7-15)14-18(21-10-12-23-13-11-21)20-17-8-4-5-9-19-17/h1-9,14H,10-13H2,(H,19,20)/b18-14+. The molecular weight excluding hydrogens is 290 g/mol. The number of carbonyl (C=O) groups is 1. The SMILES string of the molecule is O=C(/C=C(\Nc1ccccn1)N1CCOCC1)c1ccccc1. The Morgan fingerprint density at radius 1 is 1.09 bits per heavy atom. The molecule has 5 nitrogen and oxygen atoms in total. The monoisotopic (exact) mass is 309 g/mol. The van der Waals surface area contributed by atoms with Crippen LogP contribution in [0, 0.1) is 0 Å². The van der Waals surface area contributed by atoms with Gasteiger partial charge >= 0.3 is 0 Å². The lowest BCUT2D eigenvalue weighted by molar-refractivity contribution is 0.0540. The van der Waals surface area contributed by atoms with Gasteiger partial charge in [-0.3, -0.25) is 4.79 Å². The maximum absolute atomic E-state index is 12.5. The zero-order chi connectivity index (χ0) is 15.9. The van der Waals surface area contributed by atoms with Gasteiger partial charge in [0.15, 0.2) is 5.78 Å². The summed E-state index contributed by atoms with van der Waals surface area (Å²) in [7, 11) is 0. The highest BCUT2D eigenvalue weighted by atomic mass is 16.5. The Hall–Kier alpha value is -2.66. The molecule has 118 valence electrons. The molecular formula is C18H19N3O2. The van der Waals surface area contributed by atoms with Gasteiger partial charge in [0.25, 0.3) is 0 Å². The predicted octanol–water partition coefficient (Wildman–Crippen LogP) is 2.55. The molecule has 0 saturated carbocycles. The molecule has 2 heterocycles. The Morgan fingerprint density at radius 2 is 1.83 bits per heavy atom. The Labute approximate surface area is 135 Å². The number of hydrogen-bond acceptors (Lipinski definition) is 5. The largest absolute Gasteiger partial charge is 0.378 e. The number of morpholine rings is 1. The minimum Gasteiger partial charge on any atom is -0.378 e. The second kappa shape index (κ2) is 7.56. The van der Waals surface area contributed by atoms with E-state index in [9.17, 15) is 4.79 Å². The van der Waals surface area contributed by atoms with Gasteiger partial charge < -0.3 is 15.0 Å². The molecule has 0 radical (unpaired) electrons. The minimum absolute atomic E-state index is 0.0319. The van der Waals surface area contributed by atoms with Crippen molar-refractivity contribution in [2.75, 3.05) is 31.6 Å². The summed E-state index contributed by atoms with van der Waals surface area (Å²) < 4.78 is 5.39. The molecule has 5 heteroatoms. The number of rotatable bonds is 5.